The van der Waals surface area contributed by atoms with E-state index in [-0.39, 0.29) is 5.82 Å². The molecule has 2 rings (SSSR count). The smallest absolute Gasteiger partial charge is 0.300 e. The fourth-order valence-corrected chi connectivity index (χ4v) is 1.02. The molecule has 1 heterocycles. The fourth-order valence-electron chi connectivity index (χ4n) is 1.02. The Kier molecular flexibility index (Phi) is 3.23. The summed E-state index contributed by atoms with van der Waals surface area (Å²) in [5, 5.41) is 8.33. The maximum Gasteiger partial charge on any atom is 0.300 e. The molecule has 0 aliphatic heterocycles. The Morgan fingerprint density at radius 1 is 1.43 bits per heavy atom. The van der Waals surface area contributed by atoms with Crippen LogP contribution in [0.25, 0.3) is 10.9 Å². The zero-order valence-corrected chi connectivity index (χ0v) is 7.62. The second-order valence-electron chi connectivity index (χ2n) is 2.73. The number of rotatable bonds is 0. The van der Waals surface area contributed by atoms with E-state index in [4.69, 9.17) is 9.90 Å². The number of fused-ring (bicyclic) bond motifs is 1. The Hall–Kier alpha value is -1.84. The van der Waals surface area contributed by atoms with E-state index in [1.54, 1.807) is 12.3 Å². The summed E-state index contributed by atoms with van der Waals surface area (Å²) in [6.45, 7) is 1.08. The van der Waals surface area contributed by atoms with Gasteiger partial charge in [0.15, 0.2) is 0 Å². The maximum absolute atomic E-state index is 12.5. The molecule has 2 aromatic rings. The molecule has 0 aliphatic carbocycles. The van der Waals surface area contributed by atoms with Gasteiger partial charge in [-0.2, -0.15) is 0 Å². The lowest BCUT2D eigenvalue weighted by Gasteiger charge is -1.87. The lowest BCUT2D eigenvalue weighted by Crippen LogP contribution is -1.78. The van der Waals surface area contributed by atoms with Crippen molar-refractivity contribution in [2.75, 3.05) is 0 Å². The van der Waals surface area contributed by atoms with Crippen LogP contribution < -0.4 is 0 Å². The normalized spacial score (nSPS) is 9.29. The number of aromatic amines is 1. The van der Waals surface area contributed by atoms with Crippen LogP contribution in [-0.4, -0.2) is 16.1 Å². The van der Waals surface area contributed by atoms with Crippen LogP contribution in [0, 0.1) is 5.82 Å². The average molecular weight is 195 g/mol. The summed E-state index contributed by atoms with van der Waals surface area (Å²) in [5.41, 5.74) is 0.974. The van der Waals surface area contributed by atoms with Crippen molar-refractivity contribution in [2.45, 2.75) is 6.92 Å². The molecule has 0 saturated carbocycles. The molecule has 0 unspecified atom stereocenters. The molecule has 0 amide bonds. The minimum atomic E-state index is -0.833. The number of H-pyrrole nitrogens is 1. The number of carboxylic acids is 1. The van der Waals surface area contributed by atoms with Crippen molar-refractivity contribution in [2.24, 2.45) is 0 Å². The first kappa shape index (κ1) is 10.2. The van der Waals surface area contributed by atoms with E-state index in [0.29, 0.717) is 0 Å². The van der Waals surface area contributed by atoms with Crippen molar-refractivity contribution < 1.29 is 14.3 Å². The monoisotopic (exact) mass is 195 g/mol. The number of hydrogen-bond acceptors (Lipinski definition) is 1. The van der Waals surface area contributed by atoms with Crippen LogP contribution >= 0.6 is 0 Å². The van der Waals surface area contributed by atoms with Gasteiger partial charge in [-0.15, -0.1) is 0 Å². The molecular formula is C10H10FNO2. The van der Waals surface area contributed by atoms with Gasteiger partial charge in [-0.05, 0) is 24.3 Å². The highest BCUT2D eigenvalue weighted by molar-refractivity contribution is 5.78. The van der Waals surface area contributed by atoms with Gasteiger partial charge in [-0.3, -0.25) is 4.79 Å². The Morgan fingerprint density at radius 3 is 2.71 bits per heavy atom. The number of hydrogen-bond donors (Lipinski definition) is 2. The second-order valence-corrected chi connectivity index (χ2v) is 2.73. The van der Waals surface area contributed by atoms with Crippen LogP contribution in [0.5, 0.6) is 0 Å². The first-order valence-electron chi connectivity index (χ1n) is 4.02. The molecule has 74 valence electrons. The van der Waals surface area contributed by atoms with Crippen molar-refractivity contribution in [3.63, 3.8) is 0 Å². The third kappa shape index (κ3) is 2.90. The van der Waals surface area contributed by atoms with E-state index < -0.39 is 5.97 Å². The third-order valence-corrected chi connectivity index (χ3v) is 1.52. The first-order chi connectivity index (χ1) is 6.59. The number of nitrogens with one attached hydrogen (secondary N) is 1. The van der Waals surface area contributed by atoms with E-state index in [0.717, 1.165) is 17.8 Å². The fraction of sp³-hybridized carbons (Fsp3) is 0.100. The van der Waals surface area contributed by atoms with E-state index in [9.17, 15) is 4.39 Å². The first-order valence-corrected chi connectivity index (χ1v) is 4.02. The minimum absolute atomic E-state index is 0.188. The average Bonchev–Trinajstić information content (AvgIpc) is 2.49. The molecule has 1 aromatic carbocycles. The molecule has 4 heteroatoms. The molecule has 0 radical (unpaired) electrons. The number of aromatic nitrogens is 1. The highest BCUT2D eigenvalue weighted by Crippen LogP contribution is 2.12. The maximum atomic E-state index is 12.5. The molecule has 0 saturated heterocycles. The van der Waals surface area contributed by atoms with Gasteiger partial charge in [0.1, 0.15) is 5.82 Å². The summed E-state index contributed by atoms with van der Waals surface area (Å²) in [4.78, 5) is 12.0. The van der Waals surface area contributed by atoms with Crippen molar-refractivity contribution in [3.05, 3.63) is 36.3 Å². The zero-order chi connectivity index (χ0) is 10.6. The van der Waals surface area contributed by atoms with Crippen molar-refractivity contribution in [3.8, 4) is 0 Å². The summed E-state index contributed by atoms with van der Waals surface area (Å²) in [6, 6.07) is 6.52. The molecule has 0 aliphatic rings. The highest BCUT2D eigenvalue weighted by atomic mass is 19.1. The zero-order valence-electron chi connectivity index (χ0n) is 7.62. The van der Waals surface area contributed by atoms with E-state index >= 15 is 0 Å². The van der Waals surface area contributed by atoms with Crippen LogP contribution in [0.15, 0.2) is 30.5 Å². The highest BCUT2D eigenvalue weighted by Gasteiger charge is 1.93. The van der Waals surface area contributed by atoms with E-state index in [1.807, 2.05) is 6.07 Å². The van der Waals surface area contributed by atoms with Gasteiger partial charge in [-0.25, -0.2) is 4.39 Å². The van der Waals surface area contributed by atoms with Crippen LogP contribution in [0.4, 0.5) is 4.39 Å². The summed E-state index contributed by atoms with van der Waals surface area (Å²) in [7, 11) is 0. The Balaban J connectivity index is 0.000000213. The van der Waals surface area contributed by atoms with Crippen molar-refractivity contribution in [1.29, 1.82) is 0 Å². The SMILES string of the molecule is CC(=O)O.Fc1ccc2[nH]ccc2c1. The van der Waals surface area contributed by atoms with Crippen LogP contribution in [0.1, 0.15) is 6.92 Å². The molecule has 0 bridgehead atoms. The van der Waals surface area contributed by atoms with Gasteiger partial charge in [0.25, 0.3) is 5.97 Å². The number of carboxylic acid groups (broad SMARTS) is 1. The number of halogens is 1. The summed E-state index contributed by atoms with van der Waals surface area (Å²) in [5.74, 6) is -1.02. The molecule has 2 N–H and O–H groups in total. The number of aliphatic carboxylic acids is 1. The second kappa shape index (κ2) is 4.41. The van der Waals surface area contributed by atoms with Gasteiger partial charge >= 0.3 is 0 Å². The standard InChI is InChI=1S/C8H6FN.C2H4O2/c9-7-1-2-8-6(5-7)3-4-10-8;1-2(3)4/h1-5,10H;1H3,(H,3,4). The lowest BCUT2D eigenvalue weighted by molar-refractivity contribution is -0.134. The number of benzene rings is 1. The van der Waals surface area contributed by atoms with Crippen molar-refractivity contribution in [1.82, 2.24) is 4.98 Å². The predicted octanol–water partition coefficient (Wildman–Crippen LogP) is 2.40. The molecule has 0 fully saturated rings. The summed E-state index contributed by atoms with van der Waals surface area (Å²) >= 11 is 0. The molecule has 1 aromatic heterocycles. The lowest BCUT2D eigenvalue weighted by atomic mass is 10.2. The van der Waals surface area contributed by atoms with Crippen LogP contribution in [-0.2, 0) is 4.79 Å². The van der Waals surface area contributed by atoms with Gasteiger partial charge < -0.3 is 10.1 Å². The predicted molar refractivity (Wildman–Crippen MR) is 51.6 cm³/mol. The van der Waals surface area contributed by atoms with Gasteiger partial charge in [-0.1, -0.05) is 0 Å². The Bertz CT molecular complexity index is 432. The Morgan fingerprint density at radius 2 is 2.07 bits per heavy atom. The third-order valence-electron chi connectivity index (χ3n) is 1.52. The van der Waals surface area contributed by atoms with Gasteiger partial charge in [0.05, 0.1) is 0 Å². The summed E-state index contributed by atoms with van der Waals surface area (Å²) in [6.07, 6.45) is 1.80. The molecule has 0 atom stereocenters. The van der Waals surface area contributed by atoms with E-state index in [1.165, 1.54) is 12.1 Å². The molecule has 14 heavy (non-hydrogen) atoms. The van der Waals surface area contributed by atoms with Crippen molar-refractivity contribution >= 4 is 16.9 Å². The Labute approximate surface area is 80.2 Å². The van der Waals surface area contributed by atoms with Gasteiger partial charge in [0, 0.05) is 24.0 Å². The minimum Gasteiger partial charge on any atom is -0.481 e. The molecule has 0 spiro atoms. The largest absolute Gasteiger partial charge is 0.481 e. The van der Waals surface area contributed by atoms with Gasteiger partial charge in [0.2, 0.25) is 0 Å². The summed E-state index contributed by atoms with van der Waals surface area (Å²) < 4.78 is 12.5. The van der Waals surface area contributed by atoms with Crippen LogP contribution in [0.2, 0.25) is 0 Å². The quantitative estimate of drug-likeness (QED) is 0.678. The van der Waals surface area contributed by atoms with Crippen LogP contribution in [0.3, 0.4) is 0 Å². The van der Waals surface area contributed by atoms with E-state index in [2.05, 4.69) is 4.98 Å². The molecule has 3 nitrogen and oxygen atoms in total. The topological polar surface area (TPSA) is 53.1 Å². The number of carbonyl (C=O) groups is 1. The molecular weight excluding hydrogens is 185 g/mol.